The number of methoxy groups -OCH3 is 1. The van der Waals surface area contributed by atoms with E-state index in [9.17, 15) is 14.4 Å². The Morgan fingerprint density at radius 3 is 2.71 bits per heavy atom. The number of anilines is 1. The van der Waals surface area contributed by atoms with Crippen LogP contribution in [0.25, 0.3) is 21.5 Å². The molecule has 0 fully saturated rings. The lowest BCUT2D eigenvalue weighted by Gasteiger charge is -2.06. The number of ether oxygens (including phenoxy) is 2. The normalized spacial score (nSPS) is 11.6. The van der Waals surface area contributed by atoms with Crippen molar-refractivity contribution < 1.29 is 23.9 Å². The van der Waals surface area contributed by atoms with Crippen LogP contribution in [0.2, 0.25) is 0 Å². The summed E-state index contributed by atoms with van der Waals surface area (Å²) in [6, 6.07) is 15.0. The summed E-state index contributed by atoms with van der Waals surface area (Å²) in [5.74, 6) is -0.873. The molecule has 2 aromatic carbocycles. The Balaban J connectivity index is 1.39. The Hall–Kier alpha value is -3.32. The number of nitrogens with zero attached hydrogens (tertiary/aromatic N) is 3. The third-order valence-corrected chi connectivity index (χ3v) is 7.98. The zero-order valence-corrected chi connectivity index (χ0v) is 23.3. The molecular formula is C26H26N4O5S3. The third-order valence-electron chi connectivity index (χ3n) is 5.27. The molecule has 0 aliphatic rings. The molecule has 2 aromatic heterocycles. The number of esters is 1. The van der Waals surface area contributed by atoms with E-state index in [0.29, 0.717) is 35.3 Å². The maximum absolute atomic E-state index is 12.7. The topological polar surface area (TPSA) is 112 Å². The van der Waals surface area contributed by atoms with Gasteiger partial charge >= 0.3 is 5.97 Å². The van der Waals surface area contributed by atoms with E-state index in [1.807, 2.05) is 53.3 Å². The van der Waals surface area contributed by atoms with Crippen molar-refractivity contribution in [2.24, 2.45) is 4.99 Å². The van der Waals surface area contributed by atoms with Crippen molar-refractivity contribution in [3.8, 4) is 11.3 Å². The van der Waals surface area contributed by atoms with E-state index >= 15 is 0 Å². The molecule has 4 aromatic rings. The SMILES string of the molecule is CCOCCn1c(=NC(=O)CSCC(=O)Nc2nc(-c3ccccc3)cs2)sc2cc(C(=O)OC)ccc21. The largest absolute Gasteiger partial charge is 0.465 e. The zero-order valence-electron chi connectivity index (χ0n) is 20.8. The van der Waals surface area contributed by atoms with Crippen molar-refractivity contribution in [2.75, 3.05) is 37.1 Å². The first-order chi connectivity index (χ1) is 18.5. The summed E-state index contributed by atoms with van der Waals surface area (Å²) < 4.78 is 13.0. The minimum absolute atomic E-state index is 0.0493. The quantitative estimate of drug-likeness (QED) is 0.209. The van der Waals surface area contributed by atoms with E-state index in [1.54, 1.807) is 12.1 Å². The smallest absolute Gasteiger partial charge is 0.337 e. The van der Waals surface area contributed by atoms with Crippen LogP contribution in [0.1, 0.15) is 17.3 Å². The summed E-state index contributed by atoms with van der Waals surface area (Å²) in [6.07, 6.45) is 0. The van der Waals surface area contributed by atoms with Crippen LogP contribution in [0, 0.1) is 0 Å². The predicted octanol–water partition coefficient (Wildman–Crippen LogP) is 4.45. The number of carbonyl (C=O) groups is 3. The molecule has 0 aliphatic carbocycles. The molecule has 0 saturated heterocycles. The highest BCUT2D eigenvalue weighted by atomic mass is 32.2. The van der Waals surface area contributed by atoms with E-state index < -0.39 is 5.97 Å². The maximum atomic E-state index is 12.7. The van der Waals surface area contributed by atoms with Gasteiger partial charge in [0.2, 0.25) is 5.91 Å². The summed E-state index contributed by atoms with van der Waals surface area (Å²) in [6.45, 7) is 3.46. The number of hydrogen-bond acceptors (Lipinski definition) is 9. The Kier molecular flexibility index (Phi) is 9.82. The molecule has 0 spiro atoms. The highest BCUT2D eigenvalue weighted by molar-refractivity contribution is 8.00. The van der Waals surface area contributed by atoms with Crippen molar-refractivity contribution in [3.63, 3.8) is 0 Å². The summed E-state index contributed by atoms with van der Waals surface area (Å²) in [7, 11) is 1.33. The van der Waals surface area contributed by atoms with Crippen LogP contribution >= 0.6 is 34.4 Å². The molecule has 0 aliphatic heterocycles. The second-order valence-corrected chi connectivity index (χ2v) is 10.7. The van der Waals surface area contributed by atoms with Gasteiger partial charge in [0.05, 0.1) is 46.7 Å². The molecule has 12 heteroatoms. The molecule has 4 rings (SSSR count). The van der Waals surface area contributed by atoms with Gasteiger partial charge in [0.1, 0.15) is 0 Å². The van der Waals surface area contributed by atoms with Crippen LogP contribution in [0.4, 0.5) is 5.13 Å². The van der Waals surface area contributed by atoms with E-state index in [2.05, 4.69) is 15.3 Å². The number of amides is 2. The maximum Gasteiger partial charge on any atom is 0.337 e. The third kappa shape index (κ3) is 7.16. The molecular weight excluding hydrogens is 545 g/mol. The Morgan fingerprint density at radius 1 is 1.13 bits per heavy atom. The average Bonchev–Trinajstić information content (AvgIpc) is 3.52. The Morgan fingerprint density at radius 2 is 1.95 bits per heavy atom. The van der Waals surface area contributed by atoms with Crippen molar-refractivity contribution >= 4 is 67.6 Å². The number of benzene rings is 2. The minimum Gasteiger partial charge on any atom is -0.465 e. The summed E-state index contributed by atoms with van der Waals surface area (Å²) >= 11 is 3.85. The van der Waals surface area contributed by atoms with Gasteiger partial charge in [-0.05, 0) is 25.1 Å². The van der Waals surface area contributed by atoms with Crippen LogP contribution in [0.5, 0.6) is 0 Å². The molecule has 0 bridgehead atoms. The van der Waals surface area contributed by atoms with Crippen molar-refractivity contribution in [1.82, 2.24) is 9.55 Å². The number of fused-ring (bicyclic) bond motifs is 1. The minimum atomic E-state index is -0.431. The molecule has 1 N–H and O–H groups in total. The number of carbonyl (C=O) groups excluding carboxylic acids is 3. The number of thiazole rings is 2. The number of rotatable bonds is 11. The molecule has 0 saturated carbocycles. The fourth-order valence-corrected chi connectivity index (χ4v) is 5.96. The molecule has 0 atom stereocenters. The van der Waals surface area contributed by atoms with Crippen LogP contribution in [0.15, 0.2) is 58.9 Å². The zero-order chi connectivity index (χ0) is 26.9. The van der Waals surface area contributed by atoms with Gasteiger partial charge in [0.25, 0.3) is 5.91 Å². The second-order valence-electron chi connectivity index (χ2n) is 7.86. The summed E-state index contributed by atoms with van der Waals surface area (Å²) in [4.78, 5) is 46.2. The summed E-state index contributed by atoms with van der Waals surface area (Å²) in [5, 5.41) is 5.18. The number of hydrogen-bond donors (Lipinski definition) is 1. The van der Waals surface area contributed by atoms with Gasteiger partial charge in [-0.1, -0.05) is 41.7 Å². The van der Waals surface area contributed by atoms with Gasteiger partial charge in [0.15, 0.2) is 9.93 Å². The van der Waals surface area contributed by atoms with Crippen molar-refractivity contribution in [3.05, 3.63) is 64.3 Å². The van der Waals surface area contributed by atoms with Crippen LogP contribution in [-0.2, 0) is 25.6 Å². The fourth-order valence-electron chi connectivity index (χ4n) is 3.52. The average molecular weight is 571 g/mol. The molecule has 2 amide bonds. The van der Waals surface area contributed by atoms with E-state index in [-0.39, 0.29) is 23.3 Å². The molecule has 2 heterocycles. The standard InChI is InChI=1S/C26H26N4O5S3/c1-3-35-12-11-30-20-10-9-18(24(33)34-2)13-21(20)38-26(30)29-23(32)16-36-15-22(31)28-25-27-19(14-37-25)17-7-5-4-6-8-17/h4-10,13-14H,3,11-12,15-16H2,1-2H3,(H,27,28,31). The predicted molar refractivity (Wildman–Crippen MR) is 152 cm³/mol. The van der Waals surface area contributed by atoms with Crippen molar-refractivity contribution in [2.45, 2.75) is 13.5 Å². The van der Waals surface area contributed by atoms with Gasteiger partial charge in [-0.15, -0.1) is 23.1 Å². The molecule has 198 valence electrons. The van der Waals surface area contributed by atoms with E-state index in [1.165, 1.54) is 41.5 Å². The fraction of sp³-hybridized carbons (Fsp3) is 0.269. The van der Waals surface area contributed by atoms with Gasteiger partial charge in [-0.2, -0.15) is 4.99 Å². The highest BCUT2D eigenvalue weighted by Crippen LogP contribution is 2.25. The number of thioether (sulfide) groups is 1. The van der Waals surface area contributed by atoms with Crippen molar-refractivity contribution in [1.29, 1.82) is 0 Å². The number of nitrogens with one attached hydrogen (secondary N) is 1. The van der Waals surface area contributed by atoms with E-state index in [4.69, 9.17) is 9.47 Å². The monoisotopic (exact) mass is 570 g/mol. The molecule has 38 heavy (non-hydrogen) atoms. The summed E-state index contributed by atoms with van der Waals surface area (Å²) in [5.41, 5.74) is 3.05. The molecule has 0 unspecified atom stereocenters. The lowest BCUT2D eigenvalue weighted by molar-refractivity contribution is -0.115. The lowest BCUT2D eigenvalue weighted by atomic mass is 10.2. The molecule has 9 nitrogen and oxygen atoms in total. The van der Waals surface area contributed by atoms with Crippen LogP contribution in [-0.4, -0.2) is 59.2 Å². The van der Waals surface area contributed by atoms with E-state index in [0.717, 1.165) is 21.5 Å². The first-order valence-corrected chi connectivity index (χ1v) is 14.6. The van der Waals surface area contributed by atoms with Gasteiger partial charge in [-0.3, -0.25) is 9.59 Å². The van der Waals surface area contributed by atoms with Crippen LogP contribution in [0.3, 0.4) is 0 Å². The second kappa shape index (κ2) is 13.5. The van der Waals surface area contributed by atoms with Gasteiger partial charge < -0.3 is 19.4 Å². The Labute approximate surface area is 231 Å². The van der Waals surface area contributed by atoms with Gasteiger partial charge in [-0.25, -0.2) is 9.78 Å². The van der Waals surface area contributed by atoms with Crippen LogP contribution < -0.4 is 10.1 Å². The Bertz CT molecular complexity index is 1490. The first-order valence-electron chi connectivity index (χ1n) is 11.7. The number of aromatic nitrogens is 2. The van der Waals surface area contributed by atoms with Gasteiger partial charge in [0, 0.05) is 24.1 Å². The molecule has 0 radical (unpaired) electrons. The highest BCUT2D eigenvalue weighted by Gasteiger charge is 2.13. The first kappa shape index (κ1) is 27.7. The lowest BCUT2D eigenvalue weighted by Crippen LogP contribution is -2.20.